The van der Waals surface area contributed by atoms with Crippen molar-refractivity contribution in [2.45, 2.75) is 33.1 Å². The Morgan fingerprint density at radius 3 is 2.82 bits per heavy atom. The van der Waals surface area contributed by atoms with Gasteiger partial charge in [-0.15, -0.1) is 0 Å². The molecule has 0 aromatic rings. The predicted octanol–water partition coefficient (Wildman–Crippen LogP) is 3.28. The smallest absolute Gasteiger partial charge is 0.226 e. The van der Waals surface area contributed by atoms with Gasteiger partial charge in [-0.2, -0.15) is 0 Å². The topological polar surface area (TPSA) is 20.3 Å². The molecular weight excluding hydrogens is 210 g/mol. The second-order valence-corrected chi connectivity index (χ2v) is 5.16. The van der Waals surface area contributed by atoms with Crippen molar-refractivity contribution >= 4 is 5.91 Å². The molecule has 0 aromatic carbocycles. The number of amides is 1. The van der Waals surface area contributed by atoms with Crippen LogP contribution in [0.4, 0.5) is 0 Å². The highest BCUT2D eigenvalue weighted by Crippen LogP contribution is 2.24. The molecule has 1 unspecified atom stereocenters. The summed E-state index contributed by atoms with van der Waals surface area (Å²) in [6, 6.07) is 0. The average Bonchev–Trinajstić information content (AvgIpc) is 2.55. The van der Waals surface area contributed by atoms with Gasteiger partial charge in [0.1, 0.15) is 0 Å². The van der Waals surface area contributed by atoms with Crippen LogP contribution in [0.2, 0.25) is 0 Å². The van der Waals surface area contributed by atoms with Crippen molar-refractivity contribution in [2.24, 2.45) is 11.8 Å². The average molecular weight is 231 g/mol. The van der Waals surface area contributed by atoms with E-state index in [0.717, 1.165) is 25.1 Å². The summed E-state index contributed by atoms with van der Waals surface area (Å²) < 4.78 is 0. The van der Waals surface area contributed by atoms with Gasteiger partial charge in [-0.05, 0) is 30.8 Å². The molecule has 92 valence electrons. The lowest BCUT2D eigenvalue weighted by Crippen LogP contribution is -2.34. The molecule has 0 N–H and O–H groups in total. The van der Waals surface area contributed by atoms with Crippen molar-refractivity contribution in [3.63, 3.8) is 0 Å². The second kappa shape index (κ2) is 5.35. The van der Waals surface area contributed by atoms with Crippen molar-refractivity contribution < 1.29 is 4.79 Å². The number of carbonyl (C=O) groups is 1. The van der Waals surface area contributed by atoms with Gasteiger partial charge in [-0.25, -0.2) is 0 Å². The number of hydrogen-bond donors (Lipinski definition) is 0. The Balaban J connectivity index is 2.20. The van der Waals surface area contributed by atoms with Gasteiger partial charge in [0.25, 0.3) is 0 Å². The van der Waals surface area contributed by atoms with E-state index in [2.05, 4.69) is 38.2 Å². The lowest BCUT2D eigenvalue weighted by atomic mass is 9.94. The molecule has 17 heavy (non-hydrogen) atoms. The zero-order valence-corrected chi connectivity index (χ0v) is 10.7. The second-order valence-electron chi connectivity index (χ2n) is 5.16. The molecule has 0 spiro atoms. The van der Waals surface area contributed by atoms with Crippen LogP contribution in [-0.4, -0.2) is 17.4 Å². The molecule has 2 heteroatoms. The van der Waals surface area contributed by atoms with Crippen molar-refractivity contribution in [3.8, 4) is 0 Å². The van der Waals surface area contributed by atoms with E-state index in [1.165, 1.54) is 0 Å². The van der Waals surface area contributed by atoms with Crippen molar-refractivity contribution in [2.75, 3.05) is 6.54 Å². The molecule has 1 fully saturated rings. The fourth-order valence-corrected chi connectivity index (χ4v) is 2.33. The summed E-state index contributed by atoms with van der Waals surface area (Å²) >= 11 is 0. The maximum absolute atomic E-state index is 11.9. The molecule has 1 heterocycles. The summed E-state index contributed by atoms with van der Waals surface area (Å²) in [5, 5.41) is 0. The monoisotopic (exact) mass is 231 g/mol. The molecule has 2 rings (SSSR count). The summed E-state index contributed by atoms with van der Waals surface area (Å²) in [6.07, 6.45) is 13.5. The van der Waals surface area contributed by atoms with E-state index in [1.54, 1.807) is 0 Å². The van der Waals surface area contributed by atoms with Gasteiger partial charge in [-0.1, -0.05) is 38.2 Å². The Labute approximate surface area is 104 Å². The minimum absolute atomic E-state index is 0.275. The van der Waals surface area contributed by atoms with Crippen LogP contribution in [0.15, 0.2) is 36.1 Å². The third-order valence-corrected chi connectivity index (χ3v) is 3.48. The highest BCUT2D eigenvalue weighted by atomic mass is 16.2. The Hall–Kier alpha value is -1.31. The number of likely N-dealkylation sites (tertiary alicyclic amines) is 1. The van der Waals surface area contributed by atoms with Gasteiger partial charge in [0.15, 0.2) is 0 Å². The lowest BCUT2D eigenvalue weighted by molar-refractivity contribution is -0.130. The number of piperidine rings is 1. The first-order chi connectivity index (χ1) is 8.18. The van der Waals surface area contributed by atoms with E-state index in [4.69, 9.17) is 0 Å². The molecule has 0 bridgehead atoms. The first kappa shape index (κ1) is 12.2. The Morgan fingerprint density at radius 2 is 2.12 bits per heavy atom. The lowest BCUT2D eigenvalue weighted by Gasteiger charge is -2.28. The standard InChI is InChI=1S/C15H21NO/c1-12(2)13-7-3-4-8-14(11-13)16-10-6-5-9-15(16)17/h3-4,7-8,11-13H,5-6,9-10H2,1-2H3. The van der Waals surface area contributed by atoms with Crippen LogP contribution >= 0.6 is 0 Å². The Kier molecular flexibility index (Phi) is 3.82. The summed E-state index contributed by atoms with van der Waals surface area (Å²) in [7, 11) is 0. The highest BCUT2D eigenvalue weighted by molar-refractivity contribution is 5.79. The normalized spacial score (nSPS) is 25.1. The largest absolute Gasteiger partial charge is 0.313 e. The van der Waals surface area contributed by atoms with E-state index in [0.29, 0.717) is 18.3 Å². The Bertz CT molecular complexity index is 376. The SMILES string of the molecule is CC(C)C1C=CC=CC(N2CCCCC2=O)=C1. The van der Waals surface area contributed by atoms with E-state index in [-0.39, 0.29) is 5.91 Å². The van der Waals surface area contributed by atoms with Crippen LogP contribution in [-0.2, 0) is 4.79 Å². The first-order valence-corrected chi connectivity index (χ1v) is 6.55. The van der Waals surface area contributed by atoms with E-state index in [9.17, 15) is 4.79 Å². The van der Waals surface area contributed by atoms with Gasteiger partial charge < -0.3 is 4.90 Å². The van der Waals surface area contributed by atoms with Gasteiger partial charge >= 0.3 is 0 Å². The molecule has 2 aliphatic rings. The fourth-order valence-electron chi connectivity index (χ4n) is 2.33. The van der Waals surface area contributed by atoms with Gasteiger partial charge in [0.2, 0.25) is 5.91 Å². The number of carbonyl (C=O) groups excluding carboxylic acids is 1. The van der Waals surface area contributed by atoms with Crippen molar-refractivity contribution in [1.82, 2.24) is 4.90 Å². The number of allylic oxidation sites excluding steroid dienone is 5. The van der Waals surface area contributed by atoms with E-state index in [1.807, 2.05) is 11.0 Å². The summed E-state index contributed by atoms with van der Waals surface area (Å²) in [5.41, 5.74) is 1.08. The summed E-state index contributed by atoms with van der Waals surface area (Å²) in [6.45, 7) is 5.30. The molecule has 1 aliphatic heterocycles. The molecule has 1 saturated heterocycles. The third kappa shape index (κ3) is 2.87. The van der Waals surface area contributed by atoms with E-state index < -0.39 is 0 Å². The molecule has 0 saturated carbocycles. The Morgan fingerprint density at radius 1 is 1.29 bits per heavy atom. The maximum Gasteiger partial charge on any atom is 0.226 e. The van der Waals surface area contributed by atoms with Crippen molar-refractivity contribution in [3.05, 3.63) is 36.1 Å². The highest BCUT2D eigenvalue weighted by Gasteiger charge is 2.21. The van der Waals surface area contributed by atoms with Gasteiger partial charge in [0, 0.05) is 18.7 Å². The molecule has 1 amide bonds. The van der Waals surface area contributed by atoms with Crippen LogP contribution in [0, 0.1) is 11.8 Å². The number of nitrogens with zero attached hydrogens (tertiary/aromatic N) is 1. The number of rotatable bonds is 2. The van der Waals surface area contributed by atoms with Crippen molar-refractivity contribution in [1.29, 1.82) is 0 Å². The molecule has 1 atom stereocenters. The van der Waals surface area contributed by atoms with Gasteiger partial charge in [-0.3, -0.25) is 4.79 Å². The zero-order valence-electron chi connectivity index (χ0n) is 10.7. The predicted molar refractivity (Wildman–Crippen MR) is 70.3 cm³/mol. The van der Waals surface area contributed by atoms with Crippen LogP contribution < -0.4 is 0 Å². The molecular formula is C15H21NO. The minimum atomic E-state index is 0.275. The molecule has 2 nitrogen and oxygen atoms in total. The molecule has 0 aromatic heterocycles. The fraction of sp³-hybridized carbons (Fsp3) is 0.533. The summed E-state index contributed by atoms with van der Waals surface area (Å²) in [4.78, 5) is 13.9. The van der Waals surface area contributed by atoms with E-state index >= 15 is 0 Å². The third-order valence-electron chi connectivity index (χ3n) is 3.48. The summed E-state index contributed by atoms with van der Waals surface area (Å²) in [5.74, 6) is 1.27. The first-order valence-electron chi connectivity index (χ1n) is 6.55. The molecule has 0 radical (unpaired) electrons. The van der Waals surface area contributed by atoms with Crippen LogP contribution in [0.3, 0.4) is 0 Å². The van der Waals surface area contributed by atoms with Crippen LogP contribution in [0.25, 0.3) is 0 Å². The zero-order chi connectivity index (χ0) is 12.3. The van der Waals surface area contributed by atoms with Gasteiger partial charge in [0.05, 0.1) is 0 Å². The number of hydrogen-bond acceptors (Lipinski definition) is 1. The minimum Gasteiger partial charge on any atom is -0.313 e. The quantitative estimate of drug-likeness (QED) is 0.714. The van der Waals surface area contributed by atoms with Crippen LogP contribution in [0.1, 0.15) is 33.1 Å². The van der Waals surface area contributed by atoms with Crippen LogP contribution in [0.5, 0.6) is 0 Å². The molecule has 1 aliphatic carbocycles. The maximum atomic E-state index is 11.9.